The van der Waals surface area contributed by atoms with Crippen LogP contribution < -0.4 is 10.1 Å². The third-order valence-electron chi connectivity index (χ3n) is 4.23. The van der Waals surface area contributed by atoms with Crippen LogP contribution in [0.3, 0.4) is 0 Å². The van der Waals surface area contributed by atoms with Crippen LogP contribution in [0, 0.1) is 0 Å². The van der Waals surface area contributed by atoms with Crippen molar-refractivity contribution in [3.8, 4) is 11.4 Å². The summed E-state index contributed by atoms with van der Waals surface area (Å²) >= 11 is 0. The van der Waals surface area contributed by atoms with Crippen LogP contribution in [0.5, 0.6) is 5.75 Å². The molecule has 0 fully saturated rings. The van der Waals surface area contributed by atoms with Gasteiger partial charge in [-0.1, -0.05) is 24.3 Å². The molecule has 3 aromatic rings. The normalized spacial score (nSPS) is 11.8. The van der Waals surface area contributed by atoms with Crippen LogP contribution >= 0.6 is 0 Å². The van der Waals surface area contributed by atoms with E-state index >= 15 is 0 Å². The predicted octanol–water partition coefficient (Wildman–Crippen LogP) is 3.09. The van der Waals surface area contributed by atoms with Gasteiger partial charge in [-0.15, -0.1) is 0 Å². The molecule has 1 unspecified atom stereocenters. The van der Waals surface area contributed by atoms with Crippen molar-refractivity contribution in [1.29, 1.82) is 0 Å². The minimum absolute atomic E-state index is 0.0284. The largest absolute Gasteiger partial charge is 0.497 e. The third-order valence-corrected chi connectivity index (χ3v) is 4.23. The average Bonchev–Trinajstić information content (AvgIpc) is 3.21. The van der Waals surface area contributed by atoms with Crippen molar-refractivity contribution >= 4 is 5.91 Å². The monoisotopic (exact) mass is 350 g/mol. The van der Waals surface area contributed by atoms with Crippen LogP contribution in [-0.4, -0.2) is 27.8 Å². The molecule has 1 heterocycles. The van der Waals surface area contributed by atoms with Gasteiger partial charge in [-0.25, -0.2) is 9.67 Å². The first-order chi connectivity index (χ1) is 12.7. The number of carbonyl (C=O) groups is 1. The molecule has 0 radical (unpaired) electrons. The van der Waals surface area contributed by atoms with E-state index in [1.54, 1.807) is 18.1 Å². The van der Waals surface area contributed by atoms with Crippen molar-refractivity contribution < 1.29 is 9.53 Å². The Morgan fingerprint density at radius 1 is 1.23 bits per heavy atom. The molecule has 0 saturated heterocycles. The lowest BCUT2D eigenvalue weighted by Gasteiger charge is -2.15. The van der Waals surface area contributed by atoms with Gasteiger partial charge >= 0.3 is 0 Å². The summed E-state index contributed by atoms with van der Waals surface area (Å²) in [5.41, 5.74) is 3.07. The molecule has 1 amide bonds. The Labute approximate surface area is 152 Å². The molecule has 1 N–H and O–H groups in total. The summed E-state index contributed by atoms with van der Waals surface area (Å²) in [5, 5.41) is 7.15. The number of ether oxygens (including phenoxy) is 1. The third kappa shape index (κ3) is 4.47. The molecule has 0 spiro atoms. The number of benzene rings is 2. The maximum atomic E-state index is 12.2. The summed E-state index contributed by atoms with van der Waals surface area (Å²) < 4.78 is 6.91. The highest BCUT2D eigenvalue weighted by atomic mass is 16.5. The lowest BCUT2D eigenvalue weighted by atomic mass is 10.1. The van der Waals surface area contributed by atoms with Gasteiger partial charge in [0.15, 0.2) is 0 Å². The number of nitrogens with one attached hydrogen (secondary N) is 1. The van der Waals surface area contributed by atoms with Crippen molar-refractivity contribution in [2.24, 2.45) is 0 Å². The van der Waals surface area contributed by atoms with Crippen LogP contribution in [0.2, 0.25) is 0 Å². The number of nitrogens with zero attached hydrogens (tertiary/aromatic N) is 3. The zero-order valence-corrected chi connectivity index (χ0v) is 14.9. The van der Waals surface area contributed by atoms with Crippen LogP contribution in [0.15, 0.2) is 61.2 Å². The molecular weight excluding hydrogens is 328 g/mol. The quantitative estimate of drug-likeness (QED) is 0.711. The van der Waals surface area contributed by atoms with Crippen molar-refractivity contribution in [2.75, 3.05) is 7.11 Å². The van der Waals surface area contributed by atoms with Gasteiger partial charge in [0, 0.05) is 6.42 Å². The van der Waals surface area contributed by atoms with Crippen molar-refractivity contribution in [1.82, 2.24) is 20.1 Å². The maximum Gasteiger partial charge on any atom is 0.220 e. The standard InChI is InChI=1S/C20H22N4O2/c1-15(17-7-9-18(10-8-17)24-14-21-13-22-24)23-20(25)11-6-16-4-3-5-19(12-16)26-2/h3-5,7-10,12-15H,6,11H2,1-2H3,(H,23,25). The number of rotatable bonds is 7. The van der Waals surface area contributed by atoms with E-state index in [4.69, 9.17) is 4.74 Å². The summed E-state index contributed by atoms with van der Waals surface area (Å²) in [4.78, 5) is 16.2. The molecule has 2 aromatic carbocycles. The minimum atomic E-state index is -0.0578. The molecule has 0 aliphatic heterocycles. The molecule has 1 aromatic heterocycles. The molecule has 6 heteroatoms. The van der Waals surface area contributed by atoms with E-state index in [9.17, 15) is 4.79 Å². The summed E-state index contributed by atoms with van der Waals surface area (Å²) in [5.74, 6) is 0.837. The molecule has 0 bridgehead atoms. The highest BCUT2D eigenvalue weighted by Crippen LogP contribution is 2.16. The minimum Gasteiger partial charge on any atom is -0.497 e. The Kier molecular flexibility index (Phi) is 5.63. The van der Waals surface area contributed by atoms with E-state index in [0.29, 0.717) is 12.8 Å². The average molecular weight is 350 g/mol. The first-order valence-corrected chi connectivity index (χ1v) is 8.53. The van der Waals surface area contributed by atoms with Gasteiger partial charge in [-0.05, 0) is 48.7 Å². The lowest BCUT2D eigenvalue weighted by Crippen LogP contribution is -2.26. The molecule has 1 atom stereocenters. The Morgan fingerprint density at radius 2 is 2.04 bits per heavy atom. The number of carbonyl (C=O) groups excluding carboxylic acids is 1. The van der Waals surface area contributed by atoms with Gasteiger partial charge in [0.1, 0.15) is 18.4 Å². The zero-order valence-electron chi connectivity index (χ0n) is 14.9. The SMILES string of the molecule is COc1cccc(CCC(=O)NC(C)c2ccc(-n3cncn3)cc2)c1. The predicted molar refractivity (Wildman–Crippen MR) is 99.2 cm³/mol. The number of aromatic nitrogens is 3. The molecule has 3 rings (SSSR count). The van der Waals surface area contributed by atoms with Gasteiger partial charge in [0.2, 0.25) is 5.91 Å². The molecule has 26 heavy (non-hydrogen) atoms. The van der Waals surface area contributed by atoms with Crippen LogP contribution in [0.25, 0.3) is 5.69 Å². The topological polar surface area (TPSA) is 69.0 Å². The summed E-state index contributed by atoms with van der Waals surface area (Å²) in [6.45, 7) is 1.98. The summed E-state index contributed by atoms with van der Waals surface area (Å²) in [6.07, 6.45) is 4.27. The molecule has 0 aliphatic rings. The van der Waals surface area contributed by atoms with Crippen molar-refractivity contribution in [3.63, 3.8) is 0 Å². The van der Waals surface area contributed by atoms with E-state index in [1.165, 1.54) is 6.33 Å². The second-order valence-corrected chi connectivity index (χ2v) is 6.07. The van der Waals surface area contributed by atoms with Crippen LogP contribution in [0.1, 0.15) is 30.5 Å². The van der Waals surface area contributed by atoms with E-state index in [-0.39, 0.29) is 11.9 Å². The van der Waals surface area contributed by atoms with Gasteiger partial charge in [0.25, 0.3) is 0 Å². The Morgan fingerprint density at radius 3 is 2.73 bits per heavy atom. The molecule has 6 nitrogen and oxygen atoms in total. The molecule has 134 valence electrons. The molecule has 0 saturated carbocycles. The summed E-state index contributed by atoms with van der Waals surface area (Å²) in [7, 11) is 1.64. The van der Waals surface area contributed by atoms with Gasteiger partial charge in [-0.3, -0.25) is 4.79 Å². The number of hydrogen-bond acceptors (Lipinski definition) is 4. The fourth-order valence-electron chi connectivity index (χ4n) is 2.74. The van der Waals surface area contributed by atoms with E-state index in [2.05, 4.69) is 15.4 Å². The smallest absolute Gasteiger partial charge is 0.220 e. The number of methoxy groups -OCH3 is 1. The number of hydrogen-bond donors (Lipinski definition) is 1. The molecule has 0 aliphatic carbocycles. The highest BCUT2D eigenvalue weighted by Gasteiger charge is 2.10. The fourth-order valence-corrected chi connectivity index (χ4v) is 2.74. The van der Waals surface area contributed by atoms with Crippen molar-refractivity contribution in [3.05, 3.63) is 72.3 Å². The van der Waals surface area contributed by atoms with Crippen molar-refractivity contribution in [2.45, 2.75) is 25.8 Å². The Hall–Kier alpha value is -3.15. The van der Waals surface area contributed by atoms with Gasteiger partial charge in [-0.2, -0.15) is 5.10 Å². The molecular formula is C20H22N4O2. The van der Waals surface area contributed by atoms with E-state index in [0.717, 1.165) is 22.6 Å². The lowest BCUT2D eigenvalue weighted by molar-refractivity contribution is -0.121. The van der Waals surface area contributed by atoms with Crippen LogP contribution in [-0.2, 0) is 11.2 Å². The fraction of sp³-hybridized carbons (Fsp3) is 0.250. The Balaban J connectivity index is 1.53. The zero-order chi connectivity index (χ0) is 18.4. The maximum absolute atomic E-state index is 12.2. The Bertz CT molecular complexity index is 845. The first kappa shape index (κ1) is 17.7. The van der Waals surface area contributed by atoms with E-state index < -0.39 is 0 Å². The summed E-state index contributed by atoms with van der Waals surface area (Å²) in [6, 6.07) is 15.6. The highest BCUT2D eigenvalue weighted by molar-refractivity contribution is 5.76. The van der Waals surface area contributed by atoms with Crippen LogP contribution in [0.4, 0.5) is 0 Å². The van der Waals surface area contributed by atoms with Gasteiger partial charge < -0.3 is 10.1 Å². The number of aryl methyl sites for hydroxylation is 1. The first-order valence-electron chi connectivity index (χ1n) is 8.53. The van der Waals surface area contributed by atoms with Gasteiger partial charge in [0.05, 0.1) is 18.8 Å². The van der Waals surface area contributed by atoms with E-state index in [1.807, 2.05) is 55.5 Å². The number of amides is 1. The second-order valence-electron chi connectivity index (χ2n) is 6.07. The second kappa shape index (κ2) is 8.29.